The van der Waals surface area contributed by atoms with Gasteiger partial charge in [-0.2, -0.15) is 0 Å². The quantitative estimate of drug-likeness (QED) is 0.407. The third-order valence-electron chi connectivity index (χ3n) is 2.80. The SMILES string of the molecule is CC(C)(C)OC(=O)NCCC(=O)OCC(=O)Nc1ccc([N+](=O)[O-])cc1Cl. The number of nitro benzene ring substituents is 1. The van der Waals surface area contributed by atoms with Crippen molar-refractivity contribution in [2.45, 2.75) is 32.8 Å². The van der Waals surface area contributed by atoms with Crippen LogP contribution < -0.4 is 10.6 Å². The number of benzene rings is 1. The number of nitro groups is 1. The highest BCUT2D eigenvalue weighted by Gasteiger charge is 2.16. The van der Waals surface area contributed by atoms with Gasteiger partial charge in [-0.05, 0) is 26.8 Å². The van der Waals surface area contributed by atoms with Crippen LogP contribution in [0.1, 0.15) is 27.2 Å². The first-order valence-electron chi connectivity index (χ1n) is 7.84. The van der Waals surface area contributed by atoms with Crippen LogP contribution in [0, 0.1) is 10.1 Å². The van der Waals surface area contributed by atoms with E-state index in [-0.39, 0.29) is 29.4 Å². The first-order valence-corrected chi connectivity index (χ1v) is 8.22. The van der Waals surface area contributed by atoms with Gasteiger partial charge in [0.25, 0.3) is 11.6 Å². The second-order valence-electron chi connectivity index (χ2n) is 6.31. The molecule has 0 aromatic heterocycles. The summed E-state index contributed by atoms with van der Waals surface area (Å²) in [5.74, 6) is -1.37. The van der Waals surface area contributed by atoms with E-state index in [1.807, 2.05) is 0 Å². The number of ether oxygens (including phenoxy) is 2. The number of alkyl carbamates (subject to hydrolysis) is 1. The molecule has 0 spiro atoms. The number of rotatable bonds is 7. The van der Waals surface area contributed by atoms with Crippen molar-refractivity contribution in [3.63, 3.8) is 0 Å². The van der Waals surface area contributed by atoms with Crippen molar-refractivity contribution >= 4 is 40.9 Å². The molecule has 0 fully saturated rings. The minimum atomic E-state index is -0.698. The molecule has 0 saturated heterocycles. The molecule has 1 aromatic carbocycles. The van der Waals surface area contributed by atoms with Crippen molar-refractivity contribution in [3.05, 3.63) is 33.3 Å². The molecule has 0 heterocycles. The van der Waals surface area contributed by atoms with Crippen molar-refractivity contribution in [3.8, 4) is 0 Å². The minimum Gasteiger partial charge on any atom is -0.456 e. The molecule has 0 saturated carbocycles. The number of carbonyl (C=O) groups is 3. The van der Waals surface area contributed by atoms with Gasteiger partial charge in [-0.25, -0.2) is 4.79 Å². The molecule has 2 N–H and O–H groups in total. The van der Waals surface area contributed by atoms with Crippen LogP contribution in [-0.4, -0.2) is 41.6 Å². The predicted molar refractivity (Wildman–Crippen MR) is 96.5 cm³/mol. The molecule has 1 aromatic rings. The molecule has 0 bridgehead atoms. The number of non-ortho nitro benzene ring substituents is 1. The zero-order chi connectivity index (χ0) is 20.6. The maximum absolute atomic E-state index is 11.8. The standard InChI is InChI=1S/C16H20ClN3O7/c1-16(2,3)27-15(23)18-7-6-14(22)26-9-13(21)19-12-5-4-10(20(24)25)8-11(12)17/h4-5,8H,6-7,9H2,1-3H3,(H,18,23)(H,19,21). The number of hydrogen-bond donors (Lipinski definition) is 2. The van der Waals surface area contributed by atoms with Crippen LogP contribution in [0.25, 0.3) is 0 Å². The fourth-order valence-electron chi connectivity index (χ4n) is 1.70. The number of amides is 2. The summed E-state index contributed by atoms with van der Waals surface area (Å²) >= 11 is 5.85. The number of halogens is 1. The summed E-state index contributed by atoms with van der Waals surface area (Å²) in [7, 11) is 0. The highest BCUT2D eigenvalue weighted by Crippen LogP contribution is 2.26. The molecule has 1 rings (SSSR count). The van der Waals surface area contributed by atoms with E-state index < -0.39 is 35.1 Å². The summed E-state index contributed by atoms with van der Waals surface area (Å²) in [6, 6.07) is 3.53. The average molecular weight is 402 g/mol. The van der Waals surface area contributed by atoms with Crippen LogP contribution in [0.4, 0.5) is 16.2 Å². The lowest BCUT2D eigenvalue weighted by molar-refractivity contribution is -0.384. The van der Waals surface area contributed by atoms with E-state index in [4.69, 9.17) is 21.1 Å². The van der Waals surface area contributed by atoms with E-state index in [0.29, 0.717) is 0 Å². The van der Waals surface area contributed by atoms with Gasteiger partial charge in [0, 0.05) is 18.7 Å². The van der Waals surface area contributed by atoms with E-state index in [1.165, 1.54) is 12.1 Å². The van der Waals surface area contributed by atoms with E-state index in [1.54, 1.807) is 20.8 Å². The Kier molecular flexibility index (Phi) is 7.98. The first-order chi connectivity index (χ1) is 12.5. The van der Waals surface area contributed by atoms with Gasteiger partial charge in [-0.15, -0.1) is 0 Å². The Morgan fingerprint density at radius 1 is 1.26 bits per heavy atom. The van der Waals surface area contributed by atoms with Crippen molar-refractivity contribution in [1.29, 1.82) is 0 Å². The number of hydrogen-bond acceptors (Lipinski definition) is 7. The Morgan fingerprint density at radius 2 is 1.93 bits per heavy atom. The van der Waals surface area contributed by atoms with E-state index in [0.717, 1.165) is 6.07 Å². The van der Waals surface area contributed by atoms with Gasteiger partial charge in [-0.3, -0.25) is 19.7 Å². The smallest absolute Gasteiger partial charge is 0.407 e. The largest absolute Gasteiger partial charge is 0.456 e. The van der Waals surface area contributed by atoms with Crippen molar-refractivity contribution in [2.75, 3.05) is 18.5 Å². The molecule has 0 radical (unpaired) electrons. The van der Waals surface area contributed by atoms with Gasteiger partial charge >= 0.3 is 12.1 Å². The van der Waals surface area contributed by atoms with Gasteiger partial charge in [0.05, 0.1) is 22.1 Å². The third kappa shape index (κ3) is 8.86. The highest BCUT2D eigenvalue weighted by molar-refractivity contribution is 6.34. The molecule has 0 aliphatic rings. The van der Waals surface area contributed by atoms with Crippen LogP contribution in [0.5, 0.6) is 0 Å². The number of anilines is 1. The molecule has 2 amide bonds. The normalized spacial score (nSPS) is 10.7. The van der Waals surface area contributed by atoms with Gasteiger partial charge in [-0.1, -0.05) is 11.6 Å². The molecular weight excluding hydrogens is 382 g/mol. The van der Waals surface area contributed by atoms with Gasteiger partial charge in [0.1, 0.15) is 5.60 Å². The molecule has 0 aliphatic heterocycles. The highest BCUT2D eigenvalue weighted by atomic mass is 35.5. The van der Waals surface area contributed by atoms with Gasteiger partial charge < -0.3 is 20.1 Å². The summed E-state index contributed by atoms with van der Waals surface area (Å²) in [4.78, 5) is 44.7. The maximum atomic E-state index is 11.8. The lowest BCUT2D eigenvalue weighted by Gasteiger charge is -2.19. The lowest BCUT2D eigenvalue weighted by Crippen LogP contribution is -2.34. The van der Waals surface area contributed by atoms with E-state index in [2.05, 4.69) is 10.6 Å². The monoisotopic (exact) mass is 401 g/mol. The minimum absolute atomic E-state index is 0.0104. The zero-order valence-corrected chi connectivity index (χ0v) is 15.8. The van der Waals surface area contributed by atoms with Gasteiger partial charge in [0.2, 0.25) is 0 Å². The topological polar surface area (TPSA) is 137 Å². The van der Waals surface area contributed by atoms with Crippen molar-refractivity contribution < 1.29 is 28.8 Å². The predicted octanol–water partition coefficient (Wildman–Crippen LogP) is 2.64. The molecule has 0 aliphatic carbocycles. The summed E-state index contributed by atoms with van der Waals surface area (Å²) in [5, 5.41) is 15.4. The fourth-order valence-corrected chi connectivity index (χ4v) is 1.93. The van der Waals surface area contributed by atoms with Crippen LogP contribution in [0.3, 0.4) is 0 Å². The van der Waals surface area contributed by atoms with Crippen LogP contribution in [0.2, 0.25) is 5.02 Å². The molecular formula is C16H20ClN3O7. The van der Waals surface area contributed by atoms with E-state index >= 15 is 0 Å². The van der Waals surface area contributed by atoms with Crippen LogP contribution in [0.15, 0.2) is 18.2 Å². The number of nitrogens with one attached hydrogen (secondary N) is 2. The maximum Gasteiger partial charge on any atom is 0.407 e. The Balaban J connectivity index is 2.35. The Morgan fingerprint density at radius 3 is 2.48 bits per heavy atom. The summed E-state index contributed by atoms with van der Waals surface area (Å²) in [6.07, 6.45) is -0.814. The summed E-state index contributed by atoms with van der Waals surface area (Å²) in [6.45, 7) is 4.53. The summed E-state index contributed by atoms with van der Waals surface area (Å²) in [5.41, 5.74) is -0.723. The van der Waals surface area contributed by atoms with Gasteiger partial charge in [0.15, 0.2) is 6.61 Å². The van der Waals surface area contributed by atoms with E-state index in [9.17, 15) is 24.5 Å². The van der Waals surface area contributed by atoms with Crippen molar-refractivity contribution in [2.24, 2.45) is 0 Å². The zero-order valence-electron chi connectivity index (χ0n) is 15.0. The number of carbonyl (C=O) groups excluding carboxylic acids is 3. The Hall–Kier alpha value is -2.88. The second-order valence-corrected chi connectivity index (χ2v) is 6.72. The molecule has 0 unspecified atom stereocenters. The molecule has 0 atom stereocenters. The number of nitrogens with zero attached hydrogens (tertiary/aromatic N) is 1. The molecule has 11 heteroatoms. The van der Waals surface area contributed by atoms with Crippen LogP contribution in [-0.2, 0) is 19.1 Å². The Bertz CT molecular complexity index is 731. The Labute approximate surface area is 160 Å². The second kappa shape index (κ2) is 9.72. The van der Waals surface area contributed by atoms with Crippen LogP contribution >= 0.6 is 11.6 Å². The fraction of sp³-hybridized carbons (Fsp3) is 0.438. The van der Waals surface area contributed by atoms with Crippen molar-refractivity contribution in [1.82, 2.24) is 5.32 Å². The number of esters is 1. The third-order valence-corrected chi connectivity index (χ3v) is 3.11. The molecule has 148 valence electrons. The molecule has 27 heavy (non-hydrogen) atoms. The summed E-state index contributed by atoms with van der Waals surface area (Å²) < 4.78 is 9.76. The molecule has 10 nitrogen and oxygen atoms in total. The average Bonchev–Trinajstić information content (AvgIpc) is 2.53. The lowest BCUT2D eigenvalue weighted by atomic mass is 10.2. The first kappa shape index (κ1) is 22.2.